The van der Waals surface area contributed by atoms with E-state index in [1.807, 2.05) is 11.6 Å². The minimum absolute atomic E-state index is 0.152. The molecule has 1 aromatic carbocycles. The number of carbonyl (C=O) groups excluding carboxylic acids is 2. The molecule has 0 aromatic heterocycles. The lowest BCUT2D eigenvalue weighted by Crippen LogP contribution is -2.44. The Morgan fingerprint density at radius 3 is 2.41 bits per heavy atom. The van der Waals surface area contributed by atoms with Crippen LogP contribution in [0.15, 0.2) is 52.0 Å². The van der Waals surface area contributed by atoms with Crippen LogP contribution in [0, 0.1) is 5.92 Å². The van der Waals surface area contributed by atoms with E-state index < -0.39 is 34.0 Å². The maximum Gasteiger partial charge on any atom is 0.333 e. The van der Waals surface area contributed by atoms with E-state index in [2.05, 4.69) is 5.32 Å². The average Bonchev–Trinajstić information content (AvgIpc) is 2.55. The molecule has 0 saturated heterocycles. The molecule has 0 radical (unpaired) electrons. The summed E-state index contributed by atoms with van der Waals surface area (Å²) in [6.07, 6.45) is 2.01. The predicted octanol–water partition coefficient (Wildman–Crippen LogP) is 4.17. The summed E-state index contributed by atoms with van der Waals surface area (Å²) in [5, 5.41) is 2.89. The third-order valence-corrected chi connectivity index (χ3v) is 6.79. The van der Waals surface area contributed by atoms with Crippen LogP contribution in [0.25, 0.3) is 0 Å². The van der Waals surface area contributed by atoms with Gasteiger partial charge in [-0.3, -0.25) is 0 Å². The summed E-state index contributed by atoms with van der Waals surface area (Å²) in [5.41, 5.74) is 2.13. The number of sulfonamides is 1. The summed E-state index contributed by atoms with van der Waals surface area (Å²) in [6, 6.07) is 3.35. The molecule has 2 unspecified atom stereocenters. The van der Waals surface area contributed by atoms with Crippen LogP contribution < -0.4 is 10.0 Å². The fourth-order valence-electron chi connectivity index (χ4n) is 3.55. The zero-order valence-corrected chi connectivity index (χ0v) is 18.1. The molecule has 29 heavy (non-hydrogen) atoms. The van der Waals surface area contributed by atoms with Gasteiger partial charge in [0.2, 0.25) is 0 Å². The normalized spacial score (nSPS) is 21.6. The van der Waals surface area contributed by atoms with E-state index in [1.165, 1.54) is 24.3 Å². The SMILES string of the molecule is CC1=CC(=O)OC2C(S(=O)(=O)NC(=O)Nc3ccc(Cl)cc3Cl)=C(C)C=C(C)C12. The average molecular weight is 457 g/mol. The molecule has 3 rings (SSSR count). The lowest BCUT2D eigenvalue weighted by molar-refractivity contribution is -0.143. The third-order valence-electron chi connectivity index (χ3n) is 4.66. The van der Waals surface area contributed by atoms with E-state index in [0.717, 1.165) is 5.57 Å². The molecule has 2 N–H and O–H groups in total. The number of halogens is 2. The van der Waals surface area contributed by atoms with Gasteiger partial charge in [-0.25, -0.2) is 22.7 Å². The van der Waals surface area contributed by atoms with E-state index in [4.69, 9.17) is 27.9 Å². The second-order valence-electron chi connectivity index (χ2n) is 6.84. The van der Waals surface area contributed by atoms with Crippen molar-refractivity contribution in [1.82, 2.24) is 4.72 Å². The van der Waals surface area contributed by atoms with Crippen LogP contribution in [0.4, 0.5) is 10.5 Å². The van der Waals surface area contributed by atoms with Gasteiger partial charge < -0.3 is 10.1 Å². The first kappa shape index (κ1) is 21.4. The number of nitrogens with one attached hydrogen (secondary N) is 2. The molecule has 1 aliphatic carbocycles. The van der Waals surface area contributed by atoms with Crippen LogP contribution in [0.2, 0.25) is 10.0 Å². The second kappa shape index (κ2) is 7.85. The Hall–Kier alpha value is -2.29. The van der Waals surface area contributed by atoms with E-state index in [9.17, 15) is 18.0 Å². The highest BCUT2D eigenvalue weighted by molar-refractivity contribution is 7.94. The van der Waals surface area contributed by atoms with Crippen molar-refractivity contribution in [3.05, 3.63) is 62.0 Å². The molecule has 0 saturated carbocycles. The molecule has 2 aliphatic rings. The van der Waals surface area contributed by atoms with Crippen molar-refractivity contribution in [1.29, 1.82) is 0 Å². The van der Waals surface area contributed by atoms with E-state index in [0.29, 0.717) is 16.2 Å². The third kappa shape index (κ3) is 4.34. The summed E-state index contributed by atoms with van der Waals surface area (Å²) in [7, 11) is -4.31. The number of ether oxygens (including phenoxy) is 1. The highest BCUT2D eigenvalue weighted by atomic mass is 35.5. The largest absolute Gasteiger partial charge is 0.452 e. The Morgan fingerprint density at radius 2 is 1.76 bits per heavy atom. The van der Waals surface area contributed by atoms with Gasteiger partial charge in [0.25, 0.3) is 10.0 Å². The lowest BCUT2D eigenvalue weighted by Gasteiger charge is -2.36. The standard InChI is InChI=1S/C19H18Cl2N2O5S/c1-9-6-11(3)18(17-16(9)10(2)7-15(24)28-17)29(26,27)23-19(25)22-14-5-4-12(20)8-13(14)21/h4-8,16-17H,1-3H3,(H2,22,23,25). The molecule has 0 fully saturated rings. The number of hydrogen-bond donors (Lipinski definition) is 2. The Bertz CT molecular complexity index is 1110. The zero-order valence-electron chi connectivity index (χ0n) is 15.7. The van der Waals surface area contributed by atoms with Gasteiger partial charge in [0.05, 0.1) is 10.7 Å². The lowest BCUT2D eigenvalue weighted by atomic mass is 9.81. The van der Waals surface area contributed by atoms with Crippen molar-refractivity contribution in [2.45, 2.75) is 26.9 Å². The van der Waals surface area contributed by atoms with Crippen molar-refractivity contribution in [2.75, 3.05) is 5.32 Å². The van der Waals surface area contributed by atoms with Gasteiger partial charge >= 0.3 is 12.0 Å². The number of esters is 1. The van der Waals surface area contributed by atoms with Crippen LogP contribution in [0.1, 0.15) is 20.8 Å². The highest BCUT2D eigenvalue weighted by Gasteiger charge is 2.43. The minimum atomic E-state index is -4.31. The molecule has 2 atom stereocenters. The van der Waals surface area contributed by atoms with Crippen LogP contribution in [0.5, 0.6) is 0 Å². The number of benzene rings is 1. The Labute approximate surface area is 178 Å². The summed E-state index contributed by atoms with van der Waals surface area (Å²) in [4.78, 5) is 24.0. The summed E-state index contributed by atoms with van der Waals surface area (Å²) >= 11 is 11.8. The van der Waals surface area contributed by atoms with Gasteiger partial charge in [0, 0.05) is 17.0 Å². The smallest absolute Gasteiger partial charge is 0.333 e. The maximum atomic E-state index is 13.0. The first-order valence-corrected chi connectivity index (χ1v) is 10.8. The Kier molecular flexibility index (Phi) is 5.80. The van der Waals surface area contributed by atoms with Gasteiger partial charge in [0.15, 0.2) is 6.10 Å². The fourth-order valence-corrected chi connectivity index (χ4v) is 5.39. The van der Waals surface area contributed by atoms with E-state index >= 15 is 0 Å². The first-order chi connectivity index (χ1) is 13.5. The first-order valence-electron chi connectivity index (χ1n) is 8.56. The van der Waals surface area contributed by atoms with E-state index in [-0.39, 0.29) is 15.6 Å². The number of allylic oxidation sites excluding steroid dienone is 2. The van der Waals surface area contributed by atoms with Gasteiger partial charge in [-0.2, -0.15) is 0 Å². The van der Waals surface area contributed by atoms with Gasteiger partial charge in [-0.1, -0.05) is 40.4 Å². The number of hydrogen-bond acceptors (Lipinski definition) is 5. The molecule has 2 amide bonds. The number of rotatable bonds is 3. The van der Waals surface area contributed by atoms with Crippen LogP contribution in [0.3, 0.4) is 0 Å². The Morgan fingerprint density at radius 1 is 1.10 bits per heavy atom. The predicted molar refractivity (Wildman–Crippen MR) is 111 cm³/mol. The molecule has 0 spiro atoms. The molecule has 7 nitrogen and oxygen atoms in total. The molecule has 1 aliphatic heterocycles. The monoisotopic (exact) mass is 456 g/mol. The number of anilines is 1. The molecule has 154 valence electrons. The van der Waals surface area contributed by atoms with Gasteiger partial charge in [0.1, 0.15) is 4.91 Å². The second-order valence-corrected chi connectivity index (χ2v) is 9.34. The van der Waals surface area contributed by atoms with Crippen molar-refractivity contribution in [3.63, 3.8) is 0 Å². The van der Waals surface area contributed by atoms with Crippen molar-refractivity contribution < 1.29 is 22.7 Å². The highest BCUT2D eigenvalue weighted by Crippen LogP contribution is 2.40. The van der Waals surface area contributed by atoms with Gasteiger partial charge in [-0.15, -0.1) is 0 Å². The molecule has 10 heteroatoms. The molecule has 1 aromatic rings. The molecular weight excluding hydrogens is 439 g/mol. The van der Waals surface area contributed by atoms with Gasteiger partial charge in [-0.05, 0) is 44.5 Å². The molecular formula is C19H18Cl2N2O5S. The minimum Gasteiger partial charge on any atom is -0.452 e. The molecule has 1 heterocycles. The van der Waals surface area contributed by atoms with Crippen molar-refractivity contribution in [2.24, 2.45) is 5.92 Å². The number of carbonyl (C=O) groups is 2. The van der Waals surface area contributed by atoms with Crippen molar-refractivity contribution in [3.8, 4) is 0 Å². The number of amides is 2. The molecule has 0 bridgehead atoms. The number of fused-ring (bicyclic) bond motifs is 1. The van der Waals surface area contributed by atoms with Crippen LogP contribution in [-0.2, 0) is 19.6 Å². The van der Waals surface area contributed by atoms with E-state index in [1.54, 1.807) is 19.9 Å². The van der Waals surface area contributed by atoms with Crippen molar-refractivity contribution >= 4 is 50.9 Å². The fraction of sp³-hybridized carbons (Fsp3) is 0.263. The Balaban J connectivity index is 1.89. The number of urea groups is 1. The summed E-state index contributed by atoms with van der Waals surface area (Å²) < 4.78 is 33.3. The maximum absolute atomic E-state index is 13.0. The summed E-state index contributed by atoms with van der Waals surface area (Å²) in [5.74, 6) is -1.03. The quantitative estimate of drug-likeness (QED) is 0.664. The zero-order chi connectivity index (χ0) is 21.5. The van der Waals surface area contributed by atoms with Crippen LogP contribution >= 0.6 is 23.2 Å². The topological polar surface area (TPSA) is 102 Å². The van der Waals surface area contributed by atoms with Crippen LogP contribution in [-0.4, -0.2) is 26.5 Å². The summed E-state index contributed by atoms with van der Waals surface area (Å²) in [6.45, 7) is 5.16.